The molecule has 3 aliphatic rings. The van der Waals surface area contributed by atoms with Crippen LogP contribution in [-0.4, -0.2) is 36.1 Å². The summed E-state index contributed by atoms with van der Waals surface area (Å²) >= 11 is 0. The minimum atomic E-state index is -0.0839. The van der Waals surface area contributed by atoms with Crippen LogP contribution in [0.15, 0.2) is 0 Å². The first-order chi connectivity index (χ1) is 6.36. The lowest BCUT2D eigenvalue weighted by molar-refractivity contribution is -0.157. The van der Waals surface area contributed by atoms with Crippen LogP contribution >= 0.6 is 0 Å². The summed E-state index contributed by atoms with van der Waals surface area (Å²) in [6.45, 7) is 1.75. The maximum absolute atomic E-state index is 11.8. The van der Waals surface area contributed by atoms with E-state index in [0.717, 1.165) is 25.5 Å². The maximum Gasteiger partial charge on any atom is 0.252 e. The predicted molar refractivity (Wildman–Crippen MR) is 47.2 cm³/mol. The molecule has 2 aliphatic heterocycles. The molecule has 72 valence electrons. The van der Waals surface area contributed by atoms with Gasteiger partial charge in [0, 0.05) is 19.0 Å². The van der Waals surface area contributed by atoms with Crippen molar-refractivity contribution in [2.45, 2.75) is 37.8 Å². The SMILES string of the molecule is O=C(C1CCO1)N1CCCC2CC21. The van der Waals surface area contributed by atoms with Gasteiger partial charge in [0.1, 0.15) is 6.10 Å². The summed E-state index contributed by atoms with van der Waals surface area (Å²) < 4.78 is 5.22. The normalized spacial score (nSPS) is 42.2. The number of piperidine rings is 1. The van der Waals surface area contributed by atoms with Gasteiger partial charge in [-0.15, -0.1) is 0 Å². The number of likely N-dealkylation sites (tertiary alicyclic amines) is 1. The van der Waals surface area contributed by atoms with E-state index in [1.54, 1.807) is 0 Å². The van der Waals surface area contributed by atoms with E-state index in [0.29, 0.717) is 6.04 Å². The molecular weight excluding hydrogens is 166 g/mol. The quantitative estimate of drug-likeness (QED) is 0.598. The van der Waals surface area contributed by atoms with Crippen LogP contribution < -0.4 is 0 Å². The van der Waals surface area contributed by atoms with E-state index in [1.165, 1.54) is 19.3 Å². The maximum atomic E-state index is 11.8. The molecule has 1 saturated carbocycles. The summed E-state index contributed by atoms with van der Waals surface area (Å²) in [5.74, 6) is 1.09. The van der Waals surface area contributed by atoms with Crippen molar-refractivity contribution < 1.29 is 9.53 Å². The van der Waals surface area contributed by atoms with E-state index in [4.69, 9.17) is 4.74 Å². The molecule has 0 radical (unpaired) electrons. The number of hydrogen-bond donors (Lipinski definition) is 0. The van der Waals surface area contributed by atoms with Crippen LogP contribution in [0.2, 0.25) is 0 Å². The smallest absolute Gasteiger partial charge is 0.252 e. The molecule has 0 aromatic carbocycles. The topological polar surface area (TPSA) is 29.5 Å². The number of rotatable bonds is 1. The molecule has 0 aromatic heterocycles. The van der Waals surface area contributed by atoms with Crippen molar-refractivity contribution in [2.24, 2.45) is 5.92 Å². The van der Waals surface area contributed by atoms with Gasteiger partial charge < -0.3 is 9.64 Å². The molecular formula is C10H15NO2. The summed E-state index contributed by atoms with van der Waals surface area (Å²) in [4.78, 5) is 13.9. The summed E-state index contributed by atoms with van der Waals surface area (Å²) in [6.07, 6.45) is 4.63. The van der Waals surface area contributed by atoms with E-state index >= 15 is 0 Å². The molecule has 1 aliphatic carbocycles. The van der Waals surface area contributed by atoms with Crippen molar-refractivity contribution in [1.29, 1.82) is 0 Å². The molecule has 0 aromatic rings. The molecule has 13 heavy (non-hydrogen) atoms. The Labute approximate surface area is 78.0 Å². The second-order valence-corrected chi connectivity index (χ2v) is 4.39. The Morgan fingerprint density at radius 2 is 2.23 bits per heavy atom. The first kappa shape index (κ1) is 7.80. The van der Waals surface area contributed by atoms with E-state index in [2.05, 4.69) is 4.90 Å². The third kappa shape index (κ3) is 1.17. The average molecular weight is 181 g/mol. The summed E-state index contributed by atoms with van der Waals surface area (Å²) in [6, 6.07) is 0.588. The molecule has 3 unspecified atom stereocenters. The Balaban J connectivity index is 1.66. The molecule has 3 rings (SSSR count). The molecule has 3 nitrogen and oxygen atoms in total. The lowest BCUT2D eigenvalue weighted by Gasteiger charge is -2.34. The highest BCUT2D eigenvalue weighted by molar-refractivity contribution is 5.82. The van der Waals surface area contributed by atoms with E-state index in [1.807, 2.05) is 0 Å². The van der Waals surface area contributed by atoms with Gasteiger partial charge >= 0.3 is 0 Å². The first-order valence-corrected chi connectivity index (χ1v) is 5.28. The third-order valence-corrected chi connectivity index (χ3v) is 3.52. The van der Waals surface area contributed by atoms with E-state index in [-0.39, 0.29) is 12.0 Å². The van der Waals surface area contributed by atoms with Gasteiger partial charge in [0.25, 0.3) is 5.91 Å². The zero-order valence-electron chi connectivity index (χ0n) is 7.74. The van der Waals surface area contributed by atoms with Crippen molar-refractivity contribution in [3.05, 3.63) is 0 Å². The van der Waals surface area contributed by atoms with Crippen molar-refractivity contribution in [3.63, 3.8) is 0 Å². The fourth-order valence-corrected chi connectivity index (χ4v) is 2.50. The Morgan fingerprint density at radius 3 is 2.92 bits per heavy atom. The highest BCUT2D eigenvalue weighted by Gasteiger charge is 2.47. The molecule has 1 amide bonds. The number of carbonyl (C=O) groups is 1. The van der Waals surface area contributed by atoms with Crippen LogP contribution in [-0.2, 0) is 9.53 Å². The molecule has 3 heteroatoms. The number of fused-ring (bicyclic) bond motifs is 1. The molecule has 3 fully saturated rings. The van der Waals surface area contributed by atoms with Gasteiger partial charge in [0.05, 0.1) is 6.61 Å². The van der Waals surface area contributed by atoms with Crippen molar-refractivity contribution in [3.8, 4) is 0 Å². The lowest BCUT2D eigenvalue weighted by Crippen LogP contribution is -2.48. The Kier molecular flexibility index (Phi) is 1.62. The fraction of sp³-hybridized carbons (Fsp3) is 0.900. The zero-order valence-corrected chi connectivity index (χ0v) is 7.74. The molecule has 3 atom stereocenters. The first-order valence-electron chi connectivity index (χ1n) is 5.28. The van der Waals surface area contributed by atoms with Crippen LogP contribution in [0.1, 0.15) is 25.7 Å². The fourth-order valence-electron chi connectivity index (χ4n) is 2.50. The minimum absolute atomic E-state index is 0.0839. The molecule has 2 heterocycles. The summed E-state index contributed by atoms with van der Waals surface area (Å²) in [5.41, 5.74) is 0. The third-order valence-electron chi connectivity index (χ3n) is 3.52. The zero-order chi connectivity index (χ0) is 8.84. The number of nitrogens with zero attached hydrogens (tertiary/aromatic N) is 1. The van der Waals surface area contributed by atoms with Crippen molar-refractivity contribution in [2.75, 3.05) is 13.2 Å². The van der Waals surface area contributed by atoms with Crippen LogP contribution in [0.25, 0.3) is 0 Å². The van der Waals surface area contributed by atoms with Crippen molar-refractivity contribution >= 4 is 5.91 Å². The molecule has 2 saturated heterocycles. The van der Waals surface area contributed by atoms with Gasteiger partial charge in [0.15, 0.2) is 0 Å². The van der Waals surface area contributed by atoms with Gasteiger partial charge in [-0.05, 0) is 25.2 Å². The predicted octanol–water partition coefficient (Wildman–Crippen LogP) is 0.786. The number of amides is 1. The average Bonchev–Trinajstić information content (AvgIpc) is 2.77. The van der Waals surface area contributed by atoms with Gasteiger partial charge in [-0.25, -0.2) is 0 Å². The lowest BCUT2D eigenvalue weighted by atomic mass is 10.1. The van der Waals surface area contributed by atoms with Crippen LogP contribution in [0.3, 0.4) is 0 Å². The van der Waals surface area contributed by atoms with Gasteiger partial charge in [-0.3, -0.25) is 4.79 Å². The van der Waals surface area contributed by atoms with Gasteiger partial charge in [-0.2, -0.15) is 0 Å². The number of carbonyl (C=O) groups excluding carboxylic acids is 1. The number of hydrogen-bond acceptors (Lipinski definition) is 2. The van der Waals surface area contributed by atoms with Gasteiger partial charge in [-0.1, -0.05) is 0 Å². The second-order valence-electron chi connectivity index (χ2n) is 4.39. The van der Waals surface area contributed by atoms with Gasteiger partial charge in [0.2, 0.25) is 0 Å². The second kappa shape index (κ2) is 2.71. The summed E-state index contributed by atoms with van der Waals surface area (Å²) in [7, 11) is 0. The van der Waals surface area contributed by atoms with Crippen molar-refractivity contribution in [1.82, 2.24) is 4.90 Å². The Hall–Kier alpha value is -0.570. The molecule has 0 N–H and O–H groups in total. The van der Waals surface area contributed by atoms with Crippen LogP contribution in [0, 0.1) is 5.92 Å². The Bertz CT molecular complexity index is 237. The Morgan fingerprint density at radius 1 is 1.38 bits per heavy atom. The molecule has 0 bridgehead atoms. The van der Waals surface area contributed by atoms with E-state index < -0.39 is 0 Å². The minimum Gasteiger partial charge on any atom is -0.368 e. The van der Waals surface area contributed by atoms with E-state index in [9.17, 15) is 4.79 Å². The van der Waals surface area contributed by atoms with Crippen LogP contribution in [0.5, 0.6) is 0 Å². The largest absolute Gasteiger partial charge is 0.368 e. The monoisotopic (exact) mass is 181 g/mol. The highest BCUT2D eigenvalue weighted by atomic mass is 16.5. The molecule has 0 spiro atoms. The standard InChI is InChI=1S/C10H15NO2/c12-10(9-3-5-13-9)11-4-1-2-7-6-8(7)11/h7-9H,1-6H2. The number of ether oxygens (including phenoxy) is 1. The summed E-state index contributed by atoms with van der Waals surface area (Å²) in [5, 5.41) is 0. The van der Waals surface area contributed by atoms with Crippen LogP contribution in [0.4, 0.5) is 0 Å². The highest BCUT2D eigenvalue weighted by Crippen LogP contribution is 2.43.